The Hall–Kier alpha value is -3.51. The third-order valence-corrected chi connectivity index (χ3v) is 5.54. The summed E-state index contributed by atoms with van der Waals surface area (Å²) >= 11 is 0. The number of anilines is 2. The van der Waals surface area contributed by atoms with Crippen molar-refractivity contribution < 1.29 is 9.18 Å². The summed E-state index contributed by atoms with van der Waals surface area (Å²) in [4.78, 5) is 19.9. The molecule has 0 spiro atoms. The van der Waals surface area contributed by atoms with Gasteiger partial charge in [0, 0.05) is 31.4 Å². The van der Waals surface area contributed by atoms with Gasteiger partial charge in [0.2, 0.25) is 0 Å². The number of aromatic nitrogens is 3. The molecule has 6 rings (SSSR count). The van der Waals surface area contributed by atoms with Crippen LogP contribution in [0.1, 0.15) is 42.6 Å². The van der Waals surface area contributed by atoms with E-state index < -0.39 is 0 Å². The molecule has 2 bridgehead atoms. The van der Waals surface area contributed by atoms with E-state index in [1.165, 1.54) is 12.6 Å². The summed E-state index contributed by atoms with van der Waals surface area (Å²) in [5.74, 6) is 0.542. The molecule has 3 aromatic rings. The fourth-order valence-corrected chi connectivity index (χ4v) is 4.05. The highest BCUT2D eigenvalue weighted by molar-refractivity contribution is 6.08. The van der Waals surface area contributed by atoms with Crippen LogP contribution in [-0.4, -0.2) is 52.9 Å². The average molecular weight is 438 g/mol. The molecule has 8 nitrogen and oxygen atoms in total. The number of nitrogens with zero attached hydrogens (tertiary/aromatic N) is 5. The first kappa shape index (κ1) is 23.2. The van der Waals surface area contributed by atoms with Gasteiger partial charge in [0.25, 0.3) is 5.91 Å². The number of halogens is 1. The summed E-state index contributed by atoms with van der Waals surface area (Å²) in [6.07, 6.45) is 5.71. The van der Waals surface area contributed by atoms with Gasteiger partial charge >= 0.3 is 0 Å². The van der Waals surface area contributed by atoms with Gasteiger partial charge in [-0.25, -0.2) is 9.50 Å². The van der Waals surface area contributed by atoms with Crippen molar-refractivity contribution in [3.8, 4) is 6.07 Å². The smallest absolute Gasteiger partial charge is 0.261 e. The van der Waals surface area contributed by atoms with Crippen LogP contribution in [0.15, 0.2) is 42.7 Å². The number of amides is 1. The minimum atomic E-state index is -0.329. The van der Waals surface area contributed by atoms with Crippen LogP contribution >= 0.6 is 0 Å². The molecule has 168 valence electrons. The summed E-state index contributed by atoms with van der Waals surface area (Å²) in [7, 11) is 0.500. The number of nitriles is 1. The standard InChI is InChI=1S/C20H19N7O.C2H6.CH3F/c21-9-13-3-1-2-4-17(13)24-20(28)16-11-23-27-8-7-18(25-19(16)27)26-12-14-5-6-15(26)10-22-14;2*1-2/h1-4,7-8,11,14-15,22H,5-6,10,12H2,(H,24,28);1-2H3;1H3. The summed E-state index contributed by atoms with van der Waals surface area (Å²) in [6.45, 7) is 5.90. The van der Waals surface area contributed by atoms with E-state index >= 15 is 0 Å². The van der Waals surface area contributed by atoms with Crippen molar-refractivity contribution in [2.24, 2.45) is 0 Å². The summed E-state index contributed by atoms with van der Waals surface area (Å²) in [6, 6.07) is 11.9. The van der Waals surface area contributed by atoms with Gasteiger partial charge in [0.15, 0.2) is 5.65 Å². The van der Waals surface area contributed by atoms with Gasteiger partial charge in [-0.05, 0) is 31.0 Å². The van der Waals surface area contributed by atoms with Crippen molar-refractivity contribution in [3.63, 3.8) is 0 Å². The molecule has 3 aliphatic rings. The number of hydrogen-bond donors (Lipinski definition) is 2. The molecule has 0 aliphatic carbocycles. The van der Waals surface area contributed by atoms with Gasteiger partial charge in [-0.1, -0.05) is 26.0 Å². The van der Waals surface area contributed by atoms with Crippen LogP contribution in [0.5, 0.6) is 0 Å². The van der Waals surface area contributed by atoms with Gasteiger partial charge in [-0.2, -0.15) is 10.4 Å². The molecule has 2 atom stereocenters. The van der Waals surface area contributed by atoms with Crippen molar-refractivity contribution in [2.45, 2.75) is 38.8 Å². The van der Waals surface area contributed by atoms with Crippen molar-refractivity contribution >= 4 is 23.1 Å². The second kappa shape index (κ2) is 10.7. The van der Waals surface area contributed by atoms with Gasteiger partial charge in [-0.3, -0.25) is 9.18 Å². The van der Waals surface area contributed by atoms with Crippen LogP contribution in [0.3, 0.4) is 0 Å². The summed E-state index contributed by atoms with van der Waals surface area (Å²) in [5, 5.41) is 19.8. The van der Waals surface area contributed by atoms with E-state index in [1.807, 2.05) is 26.1 Å². The number of alkyl halides is 1. The van der Waals surface area contributed by atoms with Crippen LogP contribution in [-0.2, 0) is 0 Å². The van der Waals surface area contributed by atoms with Crippen molar-refractivity contribution in [1.29, 1.82) is 5.26 Å². The van der Waals surface area contributed by atoms with Gasteiger partial charge in [0.05, 0.1) is 24.6 Å². The lowest BCUT2D eigenvalue weighted by molar-refractivity contribution is 0.102. The van der Waals surface area contributed by atoms with E-state index in [0.29, 0.717) is 41.7 Å². The highest BCUT2D eigenvalue weighted by Gasteiger charge is 2.34. The highest BCUT2D eigenvalue weighted by atomic mass is 19.1. The maximum Gasteiger partial charge on any atom is 0.261 e. The predicted octanol–water partition coefficient (Wildman–Crippen LogP) is 3.41. The van der Waals surface area contributed by atoms with E-state index in [2.05, 4.69) is 26.7 Å². The first-order chi connectivity index (χ1) is 15.7. The predicted molar refractivity (Wildman–Crippen MR) is 123 cm³/mol. The van der Waals surface area contributed by atoms with E-state index in [0.717, 1.165) is 25.3 Å². The van der Waals surface area contributed by atoms with Crippen molar-refractivity contribution in [2.75, 3.05) is 30.5 Å². The van der Waals surface area contributed by atoms with Crippen molar-refractivity contribution in [1.82, 2.24) is 19.9 Å². The average Bonchev–Trinajstić information content (AvgIpc) is 3.31. The van der Waals surface area contributed by atoms with Gasteiger partial charge in [0.1, 0.15) is 17.5 Å². The number of carbonyl (C=O) groups is 1. The quantitative estimate of drug-likeness (QED) is 0.652. The lowest BCUT2D eigenvalue weighted by Gasteiger charge is -2.46. The molecular weight excluding hydrogens is 409 g/mol. The zero-order chi connectivity index (χ0) is 23.1. The molecule has 3 saturated heterocycles. The monoisotopic (exact) mass is 437 g/mol. The molecule has 5 heterocycles. The molecular formula is C23H28FN7O. The topological polar surface area (TPSA) is 98.3 Å². The fourth-order valence-electron chi connectivity index (χ4n) is 4.05. The molecule has 0 radical (unpaired) electrons. The van der Waals surface area contributed by atoms with Crippen molar-refractivity contribution in [3.05, 3.63) is 53.9 Å². The molecule has 1 aromatic carbocycles. The molecule has 0 saturated carbocycles. The van der Waals surface area contributed by atoms with Crippen LogP contribution in [0.25, 0.3) is 5.65 Å². The maximum atomic E-state index is 12.8. The lowest BCUT2D eigenvalue weighted by Crippen LogP contribution is -2.61. The SMILES string of the molecule is CC.CF.N#Cc1ccccc1NC(=O)c1cnn2ccc(N3CC4CCC3CN4)nc12. The molecule has 1 amide bonds. The number of hydrogen-bond acceptors (Lipinski definition) is 6. The third-order valence-electron chi connectivity index (χ3n) is 5.54. The Bertz CT molecular complexity index is 1100. The lowest BCUT2D eigenvalue weighted by atomic mass is 9.93. The Morgan fingerprint density at radius 1 is 1.25 bits per heavy atom. The molecule has 3 aliphatic heterocycles. The van der Waals surface area contributed by atoms with E-state index in [1.54, 1.807) is 28.8 Å². The Balaban J connectivity index is 0.000000686. The molecule has 9 heteroatoms. The fraction of sp³-hybridized carbons (Fsp3) is 0.391. The number of carbonyl (C=O) groups excluding carboxylic acids is 1. The molecule has 2 aromatic heterocycles. The largest absolute Gasteiger partial charge is 0.351 e. The normalized spacial score (nSPS) is 18.7. The number of benzene rings is 1. The Morgan fingerprint density at radius 3 is 2.69 bits per heavy atom. The number of nitrogens with one attached hydrogen (secondary N) is 2. The maximum absolute atomic E-state index is 12.8. The highest BCUT2D eigenvalue weighted by Crippen LogP contribution is 2.27. The van der Waals surface area contributed by atoms with Crippen LogP contribution in [0, 0.1) is 11.3 Å². The molecule has 32 heavy (non-hydrogen) atoms. The number of fused-ring (bicyclic) bond motifs is 4. The van der Waals surface area contributed by atoms with Crippen LogP contribution in [0.2, 0.25) is 0 Å². The molecule has 2 N–H and O–H groups in total. The summed E-state index contributed by atoms with van der Waals surface area (Å²) in [5.41, 5.74) is 1.79. The minimum absolute atomic E-state index is 0.329. The number of piperazine rings is 1. The Kier molecular flexibility index (Phi) is 7.73. The first-order valence-corrected chi connectivity index (χ1v) is 10.8. The third kappa shape index (κ3) is 4.55. The first-order valence-electron chi connectivity index (χ1n) is 10.8. The zero-order valence-electron chi connectivity index (χ0n) is 18.5. The second-order valence-electron chi connectivity index (χ2n) is 7.21. The van der Waals surface area contributed by atoms with Gasteiger partial charge < -0.3 is 15.5 Å². The Labute approximate surface area is 187 Å². The number of piperidine rings is 2. The number of rotatable bonds is 3. The zero-order valence-corrected chi connectivity index (χ0v) is 18.5. The van der Waals surface area contributed by atoms with Gasteiger partial charge in [-0.15, -0.1) is 0 Å². The second-order valence-corrected chi connectivity index (χ2v) is 7.21. The molecule has 3 fully saturated rings. The van der Waals surface area contributed by atoms with E-state index in [4.69, 9.17) is 4.98 Å². The minimum Gasteiger partial charge on any atom is -0.351 e. The number of para-hydroxylation sites is 1. The van der Waals surface area contributed by atoms with Crippen LogP contribution in [0.4, 0.5) is 15.9 Å². The molecule has 2 unspecified atom stereocenters. The van der Waals surface area contributed by atoms with E-state index in [9.17, 15) is 14.4 Å². The summed E-state index contributed by atoms with van der Waals surface area (Å²) < 4.78 is 11.1. The van der Waals surface area contributed by atoms with Crippen LogP contribution < -0.4 is 15.5 Å². The van der Waals surface area contributed by atoms with E-state index in [-0.39, 0.29) is 5.91 Å². The Morgan fingerprint density at radius 2 is 2.03 bits per heavy atom.